The van der Waals surface area contributed by atoms with Crippen molar-refractivity contribution in [1.29, 1.82) is 0 Å². The van der Waals surface area contributed by atoms with E-state index in [1.165, 1.54) is 0 Å². The summed E-state index contributed by atoms with van der Waals surface area (Å²) < 4.78 is 5.43. The van der Waals surface area contributed by atoms with E-state index in [0.717, 1.165) is 22.2 Å². The maximum atomic E-state index is 12.3. The molecule has 2 rings (SSSR count). The molecule has 0 aliphatic heterocycles. The number of benzene rings is 1. The molecule has 1 amide bonds. The van der Waals surface area contributed by atoms with Gasteiger partial charge in [-0.1, -0.05) is 30.3 Å². The van der Waals surface area contributed by atoms with Gasteiger partial charge in [0.15, 0.2) is 5.96 Å². The standard InChI is InChI=1S/C21H31N5O2S/c1-15-24-17(14-29-15)13-26(6)19(22-5)23-12-18(16-10-8-7-9-11-16)25-20(27)28-21(2,3)4/h7-11,14,18H,12-13H2,1-6H3,(H,22,23)(H,25,27). The number of hydrogen-bond acceptors (Lipinski definition) is 5. The summed E-state index contributed by atoms with van der Waals surface area (Å²) >= 11 is 1.63. The second kappa shape index (κ2) is 10.2. The number of rotatable bonds is 6. The number of aryl methyl sites for hydroxylation is 1. The zero-order valence-electron chi connectivity index (χ0n) is 18.0. The lowest BCUT2D eigenvalue weighted by atomic mass is 10.1. The van der Waals surface area contributed by atoms with Crippen molar-refractivity contribution in [3.8, 4) is 0 Å². The topological polar surface area (TPSA) is 78.8 Å². The highest BCUT2D eigenvalue weighted by atomic mass is 32.1. The zero-order chi connectivity index (χ0) is 21.4. The monoisotopic (exact) mass is 417 g/mol. The highest BCUT2D eigenvalue weighted by Gasteiger charge is 2.21. The number of ether oxygens (including phenoxy) is 1. The quantitative estimate of drug-likeness (QED) is 0.553. The van der Waals surface area contributed by atoms with E-state index in [9.17, 15) is 4.79 Å². The summed E-state index contributed by atoms with van der Waals surface area (Å²) in [5, 5.41) is 9.39. The minimum Gasteiger partial charge on any atom is -0.444 e. The second-order valence-electron chi connectivity index (χ2n) is 7.75. The normalized spacial score (nSPS) is 13.0. The lowest BCUT2D eigenvalue weighted by Crippen LogP contribution is -2.44. The number of amides is 1. The highest BCUT2D eigenvalue weighted by Crippen LogP contribution is 2.15. The van der Waals surface area contributed by atoms with Gasteiger partial charge < -0.3 is 20.3 Å². The van der Waals surface area contributed by atoms with Crippen LogP contribution in [0.5, 0.6) is 0 Å². The Kier molecular flexibility index (Phi) is 8.01. The minimum absolute atomic E-state index is 0.266. The van der Waals surface area contributed by atoms with Crippen molar-refractivity contribution in [3.05, 3.63) is 52.0 Å². The van der Waals surface area contributed by atoms with E-state index >= 15 is 0 Å². The molecule has 0 aliphatic rings. The summed E-state index contributed by atoms with van der Waals surface area (Å²) in [7, 11) is 3.70. The van der Waals surface area contributed by atoms with Crippen LogP contribution in [0.4, 0.5) is 4.79 Å². The van der Waals surface area contributed by atoms with Gasteiger partial charge in [0.05, 0.1) is 23.3 Å². The molecule has 2 aromatic rings. The van der Waals surface area contributed by atoms with Crippen molar-refractivity contribution in [2.24, 2.45) is 4.99 Å². The molecule has 0 saturated carbocycles. The van der Waals surface area contributed by atoms with E-state index in [-0.39, 0.29) is 6.04 Å². The third kappa shape index (κ3) is 7.73. The molecule has 0 saturated heterocycles. The number of nitrogens with one attached hydrogen (secondary N) is 2. The summed E-state index contributed by atoms with van der Waals surface area (Å²) in [6.07, 6.45) is -0.450. The summed E-state index contributed by atoms with van der Waals surface area (Å²) in [6, 6.07) is 9.54. The molecule has 0 bridgehead atoms. The summed E-state index contributed by atoms with van der Waals surface area (Å²) in [4.78, 5) is 23.2. The Morgan fingerprint density at radius 2 is 2.00 bits per heavy atom. The largest absolute Gasteiger partial charge is 0.444 e. The van der Waals surface area contributed by atoms with E-state index in [0.29, 0.717) is 13.1 Å². The van der Waals surface area contributed by atoms with Crippen molar-refractivity contribution in [2.75, 3.05) is 20.6 Å². The van der Waals surface area contributed by atoms with Gasteiger partial charge in [0, 0.05) is 26.0 Å². The number of carbonyl (C=O) groups is 1. The van der Waals surface area contributed by atoms with E-state index in [2.05, 4.69) is 26.0 Å². The fraction of sp³-hybridized carbons (Fsp3) is 0.476. The summed E-state index contributed by atoms with van der Waals surface area (Å²) in [5.74, 6) is 0.725. The molecule has 158 valence electrons. The van der Waals surface area contributed by atoms with Crippen LogP contribution in [0.1, 0.15) is 43.1 Å². The highest BCUT2D eigenvalue weighted by molar-refractivity contribution is 7.09. The number of guanidine groups is 1. The molecule has 2 N–H and O–H groups in total. The van der Waals surface area contributed by atoms with Crippen molar-refractivity contribution < 1.29 is 9.53 Å². The van der Waals surface area contributed by atoms with Crippen molar-refractivity contribution in [3.63, 3.8) is 0 Å². The number of alkyl carbamates (subject to hydrolysis) is 1. The van der Waals surface area contributed by atoms with Gasteiger partial charge >= 0.3 is 6.09 Å². The lowest BCUT2D eigenvalue weighted by Gasteiger charge is -2.26. The number of carbonyl (C=O) groups excluding carboxylic acids is 1. The third-order valence-corrected chi connectivity index (χ3v) is 4.82. The predicted molar refractivity (Wildman–Crippen MR) is 118 cm³/mol. The van der Waals surface area contributed by atoms with Crippen molar-refractivity contribution in [2.45, 2.75) is 45.9 Å². The van der Waals surface area contributed by atoms with Crippen LogP contribution in [0.2, 0.25) is 0 Å². The van der Waals surface area contributed by atoms with Gasteiger partial charge in [-0.25, -0.2) is 9.78 Å². The van der Waals surface area contributed by atoms with Crippen LogP contribution in [0.25, 0.3) is 0 Å². The van der Waals surface area contributed by atoms with Gasteiger partial charge in [-0.3, -0.25) is 4.99 Å². The van der Waals surface area contributed by atoms with Crippen LogP contribution >= 0.6 is 11.3 Å². The maximum absolute atomic E-state index is 12.3. The molecule has 1 heterocycles. The fourth-order valence-electron chi connectivity index (χ4n) is 2.76. The SMILES string of the molecule is CN=C(NCC(NC(=O)OC(C)(C)C)c1ccccc1)N(C)Cc1csc(C)n1. The molecular weight excluding hydrogens is 386 g/mol. The number of aromatic nitrogens is 1. The Bertz CT molecular complexity index is 814. The molecule has 1 atom stereocenters. The fourth-order valence-corrected chi connectivity index (χ4v) is 3.37. The van der Waals surface area contributed by atoms with E-state index in [1.54, 1.807) is 18.4 Å². The van der Waals surface area contributed by atoms with Gasteiger partial charge in [-0.2, -0.15) is 0 Å². The van der Waals surface area contributed by atoms with Gasteiger partial charge in [0.1, 0.15) is 5.60 Å². The van der Waals surface area contributed by atoms with Crippen molar-refractivity contribution in [1.82, 2.24) is 20.5 Å². The Morgan fingerprint density at radius 3 is 2.55 bits per heavy atom. The summed E-state index contributed by atoms with van der Waals surface area (Å²) in [6.45, 7) is 8.65. The van der Waals surface area contributed by atoms with Crippen LogP contribution in [0, 0.1) is 6.92 Å². The van der Waals surface area contributed by atoms with Crippen molar-refractivity contribution >= 4 is 23.4 Å². The number of hydrogen-bond donors (Lipinski definition) is 2. The van der Waals surface area contributed by atoms with Gasteiger partial charge in [-0.15, -0.1) is 11.3 Å². The average molecular weight is 418 g/mol. The first-order chi connectivity index (χ1) is 13.7. The van der Waals surface area contributed by atoms with Crippen LogP contribution in [0.3, 0.4) is 0 Å². The van der Waals surface area contributed by atoms with Gasteiger partial charge in [0.25, 0.3) is 0 Å². The third-order valence-electron chi connectivity index (χ3n) is 4.00. The molecule has 0 fully saturated rings. The van der Waals surface area contributed by atoms with Gasteiger partial charge in [0.2, 0.25) is 0 Å². The van der Waals surface area contributed by atoms with Crippen LogP contribution in [-0.4, -0.2) is 48.2 Å². The predicted octanol–water partition coefficient (Wildman–Crippen LogP) is 3.72. The average Bonchev–Trinajstić information content (AvgIpc) is 3.05. The Morgan fingerprint density at radius 1 is 1.31 bits per heavy atom. The molecule has 0 radical (unpaired) electrons. The molecule has 1 aromatic carbocycles. The van der Waals surface area contributed by atoms with Crippen LogP contribution in [-0.2, 0) is 11.3 Å². The van der Waals surface area contributed by atoms with Crippen LogP contribution < -0.4 is 10.6 Å². The molecule has 0 spiro atoms. The first-order valence-corrected chi connectivity index (χ1v) is 10.4. The zero-order valence-corrected chi connectivity index (χ0v) is 18.8. The van der Waals surface area contributed by atoms with Gasteiger partial charge in [-0.05, 0) is 33.3 Å². The molecule has 7 nitrogen and oxygen atoms in total. The number of thiazole rings is 1. The molecule has 1 unspecified atom stereocenters. The Balaban J connectivity index is 2.04. The number of nitrogens with zero attached hydrogens (tertiary/aromatic N) is 3. The first kappa shape index (κ1) is 22.7. The number of aliphatic imine (C=N–C) groups is 1. The minimum atomic E-state index is -0.555. The van der Waals surface area contributed by atoms with E-state index in [4.69, 9.17) is 4.74 Å². The molecule has 8 heteroatoms. The van der Waals surface area contributed by atoms with E-state index in [1.807, 2.05) is 70.0 Å². The Labute approximate surface area is 177 Å². The molecule has 29 heavy (non-hydrogen) atoms. The Hall–Kier alpha value is -2.61. The maximum Gasteiger partial charge on any atom is 0.408 e. The second-order valence-corrected chi connectivity index (χ2v) is 8.81. The summed E-state index contributed by atoms with van der Waals surface area (Å²) in [5.41, 5.74) is 1.43. The smallest absolute Gasteiger partial charge is 0.408 e. The van der Waals surface area contributed by atoms with Crippen LogP contribution in [0.15, 0.2) is 40.7 Å². The molecule has 1 aromatic heterocycles. The molecule has 0 aliphatic carbocycles. The molecular formula is C21H31N5O2S. The lowest BCUT2D eigenvalue weighted by molar-refractivity contribution is 0.0504. The van der Waals surface area contributed by atoms with E-state index < -0.39 is 11.7 Å². The first-order valence-electron chi connectivity index (χ1n) is 9.55.